The lowest BCUT2D eigenvalue weighted by Crippen LogP contribution is -2.42. The molecule has 1 heterocycles. The largest absolute Gasteiger partial charge is 0.377 e. The molecule has 0 aromatic heterocycles. The third-order valence-corrected chi connectivity index (χ3v) is 3.49. The van der Waals surface area contributed by atoms with Crippen LogP contribution in [0, 0.1) is 0 Å². The Morgan fingerprint density at radius 2 is 2.06 bits per heavy atom. The zero-order valence-corrected chi connectivity index (χ0v) is 11.9. The van der Waals surface area contributed by atoms with E-state index in [9.17, 15) is 0 Å². The van der Waals surface area contributed by atoms with Crippen LogP contribution >= 0.6 is 0 Å². The lowest BCUT2D eigenvalue weighted by molar-refractivity contribution is 0.108. The molecule has 0 aliphatic carbocycles. The van der Waals surface area contributed by atoms with Gasteiger partial charge in [0, 0.05) is 38.8 Å². The maximum Gasteiger partial charge on any atom is 0.0700 e. The summed E-state index contributed by atoms with van der Waals surface area (Å²) in [6.45, 7) is 7.51. The van der Waals surface area contributed by atoms with Crippen molar-refractivity contribution < 1.29 is 4.74 Å². The van der Waals surface area contributed by atoms with Crippen LogP contribution in [0.5, 0.6) is 0 Å². The van der Waals surface area contributed by atoms with Crippen molar-refractivity contribution in [3.05, 3.63) is 0 Å². The third kappa shape index (κ3) is 6.36. The van der Waals surface area contributed by atoms with Gasteiger partial charge in [0.05, 0.1) is 6.10 Å². The van der Waals surface area contributed by atoms with Crippen molar-refractivity contribution in [1.82, 2.24) is 15.1 Å². The van der Waals surface area contributed by atoms with E-state index in [4.69, 9.17) is 4.74 Å². The molecule has 0 aromatic carbocycles. The normalized spacial score (nSPS) is 22.6. The fraction of sp³-hybridized carbons (Fsp3) is 1.00. The Labute approximate surface area is 106 Å². The van der Waals surface area contributed by atoms with Crippen molar-refractivity contribution in [1.29, 1.82) is 0 Å². The van der Waals surface area contributed by atoms with Gasteiger partial charge in [-0.2, -0.15) is 0 Å². The Kier molecular flexibility index (Phi) is 7.04. The van der Waals surface area contributed by atoms with Crippen molar-refractivity contribution in [2.45, 2.75) is 31.9 Å². The molecule has 1 aliphatic heterocycles. The van der Waals surface area contributed by atoms with Crippen molar-refractivity contribution >= 4 is 0 Å². The SMILES string of the molecule is CC(CNCC1CCCO1)N(C)CCN(C)C. The second kappa shape index (κ2) is 8.03. The maximum atomic E-state index is 5.59. The Balaban J connectivity index is 2.04. The van der Waals surface area contributed by atoms with E-state index in [0.717, 1.165) is 32.8 Å². The highest BCUT2D eigenvalue weighted by Gasteiger charge is 2.15. The molecular weight excluding hydrogens is 214 g/mol. The average Bonchev–Trinajstić information content (AvgIpc) is 2.78. The molecule has 1 saturated heterocycles. The van der Waals surface area contributed by atoms with Crippen LogP contribution in [-0.4, -0.2) is 75.9 Å². The monoisotopic (exact) mass is 243 g/mol. The fourth-order valence-corrected chi connectivity index (χ4v) is 1.99. The van der Waals surface area contributed by atoms with E-state index in [2.05, 4.69) is 43.2 Å². The predicted octanol–water partition coefficient (Wildman–Crippen LogP) is 0.637. The Morgan fingerprint density at radius 3 is 2.65 bits per heavy atom. The summed E-state index contributed by atoms with van der Waals surface area (Å²) in [6.07, 6.45) is 2.90. The smallest absolute Gasteiger partial charge is 0.0700 e. The quantitative estimate of drug-likeness (QED) is 0.677. The number of nitrogens with one attached hydrogen (secondary N) is 1. The van der Waals surface area contributed by atoms with Crippen LogP contribution in [0.2, 0.25) is 0 Å². The number of rotatable bonds is 8. The number of nitrogens with zero attached hydrogens (tertiary/aromatic N) is 2. The van der Waals surface area contributed by atoms with Gasteiger partial charge in [-0.25, -0.2) is 0 Å². The van der Waals surface area contributed by atoms with Crippen LogP contribution < -0.4 is 5.32 Å². The summed E-state index contributed by atoms with van der Waals surface area (Å²) in [5, 5.41) is 3.52. The molecule has 0 amide bonds. The summed E-state index contributed by atoms with van der Waals surface area (Å²) in [4.78, 5) is 4.63. The molecule has 102 valence electrons. The second-order valence-corrected chi connectivity index (χ2v) is 5.43. The zero-order valence-electron chi connectivity index (χ0n) is 11.9. The maximum absolute atomic E-state index is 5.59. The molecule has 4 nitrogen and oxygen atoms in total. The zero-order chi connectivity index (χ0) is 12.7. The molecule has 4 heteroatoms. The van der Waals surface area contributed by atoms with Crippen molar-refractivity contribution in [3.8, 4) is 0 Å². The van der Waals surface area contributed by atoms with E-state index >= 15 is 0 Å². The van der Waals surface area contributed by atoms with Crippen LogP contribution in [0.25, 0.3) is 0 Å². The van der Waals surface area contributed by atoms with Crippen LogP contribution in [0.15, 0.2) is 0 Å². The lowest BCUT2D eigenvalue weighted by atomic mass is 10.2. The van der Waals surface area contributed by atoms with Crippen LogP contribution in [-0.2, 0) is 4.74 Å². The Morgan fingerprint density at radius 1 is 1.29 bits per heavy atom. The Bertz CT molecular complexity index is 193. The number of likely N-dealkylation sites (N-methyl/N-ethyl adjacent to an activating group) is 2. The minimum atomic E-state index is 0.453. The first kappa shape index (κ1) is 14.9. The number of hydrogen-bond acceptors (Lipinski definition) is 4. The predicted molar refractivity (Wildman–Crippen MR) is 72.5 cm³/mol. The van der Waals surface area contributed by atoms with E-state index in [1.807, 2.05) is 0 Å². The van der Waals surface area contributed by atoms with E-state index in [1.165, 1.54) is 12.8 Å². The van der Waals surface area contributed by atoms with E-state index in [1.54, 1.807) is 0 Å². The summed E-state index contributed by atoms with van der Waals surface area (Å²) in [5.41, 5.74) is 0. The molecule has 2 atom stereocenters. The molecule has 0 bridgehead atoms. The summed E-state index contributed by atoms with van der Waals surface area (Å²) < 4.78 is 5.59. The van der Waals surface area contributed by atoms with Crippen LogP contribution in [0.4, 0.5) is 0 Å². The van der Waals surface area contributed by atoms with Gasteiger partial charge < -0.3 is 19.9 Å². The molecule has 1 aliphatic rings. The number of hydrogen-bond donors (Lipinski definition) is 1. The molecular formula is C13H29N3O. The lowest BCUT2D eigenvalue weighted by Gasteiger charge is -2.26. The van der Waals surface area contributed by atoms with Gasteiger partial charge in [-0.1, -0.05) is 0 Å². The second-order valence-electron chi connectivity index (χ2n) is 5.43. The van der Waals surface area contributed by atoms with Gasteiger partial charge in [0.25, 0.3) is 0 Å². The Hall–Kier alpha value is -0.160. The van der Waals surface area contributed by atoms with E-state index in [-0.39, 0.29) is 0 Å². The highest BCUT2D eigenvalue weighted by molar-refractivity contribution is 4.71. The molecule has 0 radical (unpaired) electrons. The summed E-state index contributed by atoms with van der Waals surface area (Å²) in [5.74, 6) is 0. The highest BCUT2D eigenvalue weighted by atomic mass is 16.5. The molecule has 0 aromatic rings. The van der Waals surface area contributed by atoms with Crippen molar-refractivity contribution in [3.63, 3.8) is 0 Å². The average molecular weight is 243 g/mol. The van der Waals surface area contributed by atoms with Crippen molar-refractivity contribution in [2.24, 2.45) is 0 Å². The first-order valence-electron chi connectivity index (χ1n) is 6.77. The third-order valence-electron chi connectivity index (χ3n) is 3.49. The molecule has 0 saturated carbocycles. The molecule has 1 fully saturated rings. The van der Waals surface area contributed by atoms with Gasteiger partial charge >= 0.3 is 0 Å². The van der Waals surface area contributed by atoms with Gasteiger partial charge in [0.2, 0.25) is 0 Å². The summed E-state index contributed by atoms with van der Waals surface area (Å²) in [6, 6.07) is 0.580. The molecule has 1 N–H and O–H groups in total. The van der Waals surface area contributed by atoms with Crippen LogP contribution in [0.3, 0.4) is 0 Å². The van der Waals surface area contributed by atoms with Crippen LogP contribution in [0.1, 0.15) is 19.8 Å². The van der Waals surface area contributed by atoms with E-state index in [0.29, 0.717) is 12.1 Å². The van der Waals surface area contributed by atoms with Gasteiger partial charge in [0.15, 0.2) is 0 Å². The standard InChI is InChI=1S/C13H29N3O/c1-12(16(4)8-7-15(2)3)10-14-11-13-6-5-9-17-13/h12-14H,5-11H2,1-4H3. The molecule has 17 heavy (non-hydrogen) atoms. The highest BCUT2D eigenvalue weighted by Crippen LogP contribution is 2.10. The first-order chi connectivity index (χ1) is 8.09. The first-order valence-corrected chi connectivity index (χ1v) is 6.77. The fourth-order valence-electron chi connectivity index (χ4n) is 1.99. The van der Waals surface area contributed by atoms with Crippen molar-refractivity contribution in [2.75, 3.05) is 53.9 Å². The van der Waals surface area contributed by atoms with E-state index < -0.39 is 0 Å². The van der Waals surface area contributed by atoms with Gasteiger partial charge in [-0.3, -0.25) is 0 Å². The minimum Gasteiger partial charge on any atom is -0.377 e. The van der Waals surface area contributed by atoms with Gasteiger partial charge in [0.1, 0.15) is 0 Å². The molecule has 1 rings (SSSR count). The topological polar surface area (TPSA) is 27.7 Å². The van der Waals surface area contributed by atoms with Gasteiger partial charge in [-0.15, -0.1) is 0 Å². The summed E-state index contributed by atoms with van der Waals surface area (Å²) >= 11 is 0. The molecule has 2 unspecified atom stereocenters. The number of ether oxygens (including phenoxy) is 1. The van der Waals surface area contributed by atoms with Gasteiger partial charge in [-0.05, 0) is 40.9 Å². The summed E-state index contributed by atoms with van der Waals surface area (Å²) in [7, 11) is 6.43. The minimum absolute atomic E-state index is 0.453. The molecule has 0 spiro atoms.